The number of benzene rings is 3. The minimum absolute atomic E-state index is 0.0501. The standard InChI is InChI=1S/C31H30N2O8/c1-37-28(20-12-8-5-9-13-20)30(35)41-21-14-22-23-15-24(29(34)38-2)32-27(23)26(40-18-19-10-6-4-7-11-19)16-25(22)33(17-21)31(36)39-3/h4-13,15-16,21,28,32H,14,17-18H2,1-3H3/t21?,28-/m1/s1. The van der Waals surface area contributed by atoms with E-state index < -0.39 is 30.2 Å². The summed E-state index contributed by atoms with van der Waals surface area (Å²) in [5, 5.41) is 0.631. The number of methoxy groups -OCH3 is 3. The first-order valence-electron chi connectivity index (χ1n) is 13.0. The van der Waals surface area contributed by atoms with E-state index in [4.69, 9.17) is 23.7 Å². The smallest absolute Gasteiger partial charge is 0.414 e. The van der Waals surface area contributed by atoms with Crippen LogP contribution in [0.15, 0.2) is 72.8 Å². The molecule has 0 bridgehead atoms. The highest BCUT2D eigenvalue weighted by molar-refractivity contribution is 6.03. The molecule has 10 nitrogen and oxygen atoms in total. The third-order valence-corrected chi connectivity index (χ3v) is 6.95. The zero-order valence-corrected chi connectivity index (χ0v) is 22.9. The fraction of sp³-hybridized carbons (Fsp3) is 0.258. The molecule has 1 aromatic heterocycles. The van der Waals surface area contributed by atoms with E-state index in [1.807, 2.05) is 48.5 Å². The van der Waals surface area contributed by atoms with E-state index in [1.165, 1.54) is 26.2 Å². The third kappa shape index (κ3) is 5.73. The van der Waals surface area contributed by atoms with E-state index in [9.17, 15) is 14.4 Å². The summed E-state index contributed by atoms with van der Waals surface area (Å²) in [6, 6.07) is 22.0. The third-order valence-electron chi connectivity index (χ3n) is 6.95. The summed E-state index contributed by atoms with van der Waals surface area (Å²) >= 11 is 0. The van der Waals surface area contributed by atoms with Crippen molar-refractivity contribution >= 4 is 34.6 Å². The second kappa shape index (κ2) is 12.1. The maximum absolute atomic E-state index is 13.2. The second-order valence-corrected chi connectivity index (χ2v) is 9.48. The topological polar surface area (TPSA) is 116 Å². The number of fused-ring (bicyclic) bond motifs is 3. The summed E-state index contributed by atoms with van der Waals surface area (Å²) in [6.45, 7) is 0.312. The average molecular weight is 559 g/mol. The van der Waals surface area contributed by atoms with Gasteiger partial charge in [0.1, 0.15) is 24.2 Å². The van der Waals surface area contributed by atoms with Crippen molar-refractivity contribution < 1.29 is 38.1 Å². The number of esters is 2. The number of aromatic amines is 1. The molecular formula is C31H30N2O8. The molecule has 1 N–H and O–H groups in total. The van der Waals surface area contributed by atoms with Crippen molar-refractivity contribution in [2.75, 3.05) is 32.8 Å². The van der Waals surface area contributed by atoms with Crippen LogP contribution in [-0.4, -0.2) is 57.0 Å². The van der Waals surface area contributed by atoms with Crippen LogP contribution in [0.4, 0.5) is 10.5 Å². The van der Waals surface area contributed by atoms with Gasteiger partial charge in [0, 0.05) is 25.0 Å². The molecular weight excluding hydrogens is 528 g/mol. The van der Waals surface area contributed by atoms with Crippen molar-refractivity contribution in [1.29, 1.82) is 0 Å². The largest absolute Gasteiger partial charge is 0.487 e. The number of nitrogens with zero attached hydrogens (tertiary/aromatic N) is 1. The van der Waals surface area contributed by atoms with Crippen molar-refractivity contribution in [1.82, 2.24) is 4.98 Å². The van der Waals surface area contributed by atoms with Crippen molar-refractivity contribution in [2.24, 2.45) is 0 Å². The fourth-order valence-electron chi connectivity index (χ4n) is 5.01. The van der Waals surface area contributed by atoms with Crippen LogP contribution in [0, 0.1) is 0 Å². The predicted octanol–water partition coefficient (Wildman–Crippen LogP) is 4.96. The number of ether oxygens (including phenoxy) is 5. The summed E-state index contributed by atoms with van der Waals surface area (Å²) in [6.07, 6.45) is -2.01. The quantitative estimate of drug-likeness (QED) is 0.238. The summed E-state index contributed by atoms with van der Waals surface area (Å²) in [5.74, 6) is -0.704. The molecule has 0 radical (unpaired) electrons. The lowest BCUT2D eigenvalue weighted by molar-refractivity contribution is -0.161. The van der Waals surface area contributed by atoms with Crippen LogP contribution in [0.3, 0.4) is 0 Å². The Balaban J connectivity index is 1.53. The molecule has 1 amide bonds. The van der Waals surface area contributed by atoms with E-state index in [2.05, 4.69) is 4.98 Å². The molecule has 1 unspecified atom stereocenters. The molecule has 0 saturated carbocycles. The van der Waals surface area contributed by atoms with Gasteiger partial charge in [-0.3, -0.25) is 4.90 Å². The second-order valence-electron chi connectivity index (χ2n) is 9.48. The Morgan fingerprint density at radius 2 is 1.66 bits per heavy atom. The molecule has 2 heterocycles. The van der Waals surface area contributed by atoms with Crippen LogP contribution < -0.4 is 9.64 Å². The number of nitrogens with one attached hydrogen (secondary N) is 1. The van der Waals surface area contributed by atoms with E-state index in [-0.39, 0.29) is 25.3 Å². The number of H-pyrrole nitrogens is 1. The van der Waals surface area contributed by atoms with Gasteiger partial charge in [0.05, 0.1) is 32.0 Å². The fourth-order valence-corrected chi connectivity index (χ4v) is 5.01. The summed E-state index contributed by atoms with van der Waals surface area (Å²) in [4.78, 5) is 43.1. The summed E-state index contributed by atoms with van der Waals surface area (Å²) in [7, 11) is 4.01. The van der Waals surface area contributed by atoms with Crippen molar-refractivity contribution in [3.63, 3.8) is 0 Å². The number of amides is 1. The number of rotatable bonds is 8. The maximum atomic E-state index is 13.2. The van der Waals surface area contributed by atoms with Crippen LogP contribution in [0.1, 0.15) is 33.3 Å². The van der Waals surface area contributed by atoms with Gasteiger partial charge in [-0.05, 0) is 22.8 Å². The highest BCUT2D eigenvalue weighted by Crippen LogP contribution is 2.41. The van der Waals surface area contributed by atoms with Gasteiger partial charge >= 0.3 is 18.0 Å². The number of aromatic nitrogens is 1. The normalized spacial score (nSPS) is 15.1. The molecule has 1 aliphatic heterocycles. The molecule has 10 heteroatoms. The summed E-state index contributed by atoms with van der Waals surface area (Å²) in [5.41, 5.74) is 3.57. The Labute approximate surface area is 236 Å². The van der Waals surface area contributed by atoms with Gasteiger partial charge < -0.3 is 28.7 Å². The Bertz CT molecular complexity index is 1550. The molecule has 0 aliphatic carbocycles. The molecule has 2 atom stereocenters. The molecule has 5 rings (SSSR count). The highest BCUT2D eigenvalue weighted by atomic mass is 16.6. The zero-order valence-electron chi connectivity index (χ0n) is 22.9. The van der Waals surface area contributed by atoms with Crippen molar-refractivity contribution in [3.8, 4) is 5.75 Å². The first kappa shape index (κ1) is 27.7. The molecule has 1 aliphatic rings. The van der Waals surface area contributed by atoms with Gasteiger partial charge in [-0.1, -0.05) is 60.7 Å². The van der Waals surface area contributed by atoms with E-state index in [1.54, 1.807) is 24.3 Å². The number of carbonyl (C=O) groups is 3. The lowest BCUT2D eigenvalue weighted by Crippen LogP contribution is -2.44. The SMILES string of the molecule is COC(=O)c1cc2c3c(cc(OCc4ccccc4)c2[nH]1)N(C(=O)OC)CC(OC(=O)[C@H](OC)c1ccccc1)C3. The molecule has 0 spiro atoms. The first-order chi connectivity index (χ1) is 19.9. The van der Waals surface area contributed by atoms with Gasteiger partial charge in [0.2, 0.25) is 0 Å². The van der Waals surface area contributed by atoms with E-state index >= 15 is 0 Å². The maximum Gasteiger partial charge on any atom is 0.414 e. The Hall–Kier alpha value is -4.83. The Kier molecular flexibility index (Phi) is 8.21. The van der Waals surface area contributed by atoms with Gasteiger partial charge in [-0.15, -0.1) is 0 Å². The lowest BCUT2D eigenvalue weighted by atomic mass is 9.95. The summed E-state index contributed by atoms with van der Waals surface area (Å²) < 4.78 is 27.5. The van der Waals surface area contributed by atoms with Crippen LogP contribution in [0.2, 0.25) is 0 Å². The minimum Gasteiger partial charge on any atom is -0.487 e. The highest BCUT2D eigenvalue weighted by Gasteiger charge is 2.36. The van der Waals surface area contributed by atoms with Gasteiger partial charge in [0.15, 0.2) is 6.10 Å². The van der Waals surface area contributed by atoms with Gasteiger partial charge in [-0.25, -0.2) is 14.4 Å². The van der Waals surface area contributed by atoms with Crippen LogP contribution in [0.25, 0.3) is 10.9 Å². The number of anilines is 1. The van der Waals surface area contributed by atoms with Crippen LogP contribution >= 0.6 is 0 Å². The molecule has 3 aromatic carbocycles. The van der Waals surface area contributed by atoms with Crippen molar-refractivity contribution in [2.45, 2.75) is 25.2 Å². The number of hydrogen-bond donors (Lipinski definition) is 1. The minimum atomic E-state index is -0.934. The molecule has 0 saturated heterocycles. The lowest BCUT2D eigenvalue weighted by Gasteiger charge is -2.34. The molecule has 212 valence electrons. The Morgan fingerprint density at radius 3 is 2.32 bits per heavy atom. The molecule has 41 heavy (non-hydrogen) atoms. The van der Waals surface area contributed by atoms with Gasteiger partial charge in [0.25, 0.3) is 0 Å². The van der Waals surface area contributed by atoms with Gasteiger partial charge in [-0.2, -0.15) is 0 Å². The van der Waals surface area contributed by atoms with E-state index in [0.717, 1.165) is 5.56 Å². The van der Waals surface area contributed by atoms with Crippen molar-refractivity contribution in [3.05, 3.63) is 95.2 Å². The molecule has 4 aromatic rings. The monoisotopic (exact) mass is 558 g/mol. The number of hydrogen-bond acceptors (Lipinski definition) is 8. The van der Waals surface area contributed by atoms with E-state index in [0.29, 0.717) is 33.5 Å². The van der Waals surface area contributed by atoms with Crippen LogP contribution in [0.5, 0.6) is 5.75 Å². The average Bonchev–Trinajstić information content (AvgIpc) is 3.46. The Morgan fingerprint density at radius 1 is 0.951 bits per heavy atom. The number of carbonyl (C=O) groups excluding carboxylic acids is 3. The molecule has 0 fully saturated rings. The predicted molar refractivity (Wildman–Crippen MR) is 150 cm³/mol. The zero-order chi connectivity index (χ0) is 28.9. The first-order valence-corrected chi connectivity index (χ1v) is 13.0. The van der Waals surface area contributed by atoms with Crippen LogP contribution in [-0.2, 0) is 36.8 Å².